The van der Waals surface area contributed by atoms with Gasteiger partial charge in [-0.3, -0.25) is 4.79 Å². The lowest BCUT2D eigenvalue weighted by Crippen LogP contribution is -2.12. The highest BCUT2D eigenvalue weighted by Crippen LogP contribution is 2.24. The average Bonchev–Trinajstić information content (AvgIpc) is 2.47. The third-order valence-corrected chi connectivity index (χ3v) is 3.63. The zero-order valence-corrected chi connectivity index (χ0v) is 12.7. The maximum absolute atomic E-state index is 13.7. The smallest absolute Gasteiger partial charge is 0.259 e. The minimum Gasteiger partial charge on any atom is -0.306 e. The van der Waals surface area contributed by atoms with Crippen molar-refractivity contribution in [3.05, 3.63) is 75.1 Å². The van der Waals surface area contributed by atoms with Gasteiger partial charge in [0.15, 0.2) is 0 Å². The van der Waals surface area contributed by atoms with Crippen molar-refractivity contribution in [2.45, 2.75) is 0 Å². The van der Waals surface area contributed by atoms with Crippen LogP contribution in [0.15, 0.2) is 57.9 Å². The lowest BCUT2D eigenvalue weighted by Gasteiger charge is -2.06. The Morgan fingerprint density at radius 2 is 1.73 bits per heavy atom. The number of aromatic amines is 1. The molecule has 110 valence electrons. The van der Waals surface area contributed by atoms with E-state index in [9.17, 15) is 13.6 Å². The van der Waals surface area contributed by atoms with E-state index in [0.717, 1.165) is 16.6 Å². The van der Waals surface area contributed by atoms with Crippen molar-refractivity contribution in [2.24, 2.45) is 0 Å². The van der Waals surface area contributed by atoms with E-state index in [0.29, 0.717) is 11.1 Å². The Hall–Kier alpha value is -2.34. The first-order valence-corrected chi connectivity index (χ1v) is 7.15. The van der Waals surface area contributed by atoms with Crippen LogP contribution in [0.4, 0.5) is 8.78 Å². The van der Waals surface area contributed by atoms with Gasteiger partial charge in [0.05, 0.1) is 11.1 Å². The van der Waals surface area contributed by atoms with Gasteiger partial charge in [-0.1, -0.05) is 34.1 Å². The third-order valence-electron chi connectivity index (χ3n) is 3.13. The Morgan fingerprint density at radius 1 is 1.05 bits per heavy atom. The summed E-state index contributed by atoms with van der Waals surface area (Å²) in [5, 5.41) is 0. The lowest BCUT2D eigenvalue weighted by atomic mass is 10.1. The second kappa shape index (κ2) is 5.81. The summed E-state index contributed by atoms with van der Waals surface area (Å²) in [4.78, 5) is 18.6. The molecule has 0 saturated carbocycles. The van der Waals surface area contributed by atoms with E-state index in [1.165, 1.54) is 12.3 Å². The molecule has 0 aliphatic rings. The Balaban J connectivity index is 2.13. The van der Waals surface area contributed by atoms with Crippen molar-refractivity contribution in [2.75, 3.05) is 0 Å². The van der Waals surface area contributed by atoms with Crippen LogP contribution in [0.1, 0.15) is 0 Å². The van der Waals surface area contributed by atoms with Crippen molar-refractivity contribution in [3.63, 3.8) is 0 Å². The summed E-state index contributed by atoms with van der Waals surface area (Å²) >= 11 is 3.32. The molecule has 1 heterocycles. The van der Waals surface area contributed by atoms with E-state index in [1.54, 1.807) is 18.2 Å². The van der Waals surface area contributed by atoms with Gasteiger partial charge >= 0.3 is 0 Å². The van der Waals surface area contributed by atoms with Crippen LogP contribution in [0, 0.1) is 11.6 Å². The Morgan fingerprint density at radius 3 is 2.36 bits per heavy atom. The topological polar surface area (TPSA) is 45.8 Å². The number of rotatable bonds is 2. The highest BCUT2D eigenvalue weighted by Gasteiger charge is 2.14. The van der Waals surface area contributed by atoms with Crippen molar-refractivity contribution in [1.82, 2.24) is 9.97 Å². The van der Waals surface area contributed by atoms with E-state index >= 15 is 0 Å². The zero-order chi connectivity index (χ0) is 15.7. The quantitative estimate of drug-likeness (QED) is 0.744. The molecular formula is C16H9BrF2N2O. The van der Waals surface area contributed by atoms with E-state index in [1.807, 2.05) is 6.07 Å². The van der Waals surface area contributed by atoms with E-state index in [-0.39, 0.29) is 11.4 Å². The molecule has 3 aromatic rings. The molecule has 0 fully saturated rings. The molecule has 2 aromatic carbocycles. The summed E-state index contributed by atoms with van der Waals surface area (Å²) < 4.78 is 28.3. The predicted molar refractivity (Wildman–Crippen MR) is 83.3 cm³/mol. The highest BCUT2D eigenvalue weighted by molar-refractivity contribution is 9.10. The van der Waals surface area contributed by atoms with Crippen LogP contribution >= 0.6 is 15.9 Å². The molecule has 0 aliphatic heterocycles. The number of nitrogens with zero attached hydrogens (tertiary/aromatic N) is 1. The van der Waals surface area contributed by atoms with Gasteiger partial charge in [0.2, 0.25) is 0 Å². The number of benzene rings is 2. The Bertz CT molecular complexity index is 888. The number of H-pyrrole nitrogens is 1. The molecule has 0 saturated heterocycles. The molecule has 0 unspecified atom stereocenters. The maximum Gasteiger partial charge on any atom is 0.259 e. The van der Waals surface area contributed by atoms with Crippen LogP contribution in [-0.4, -0.2) is 9.97 Å². The van der Waals surface area contributed by atoms with Gasteiger partial charge in [-0.15, -0.1) is 0 Å². The summed E-state index contributed by atoms with van der Waals surface area (Å²) in [7, 11) is 0. The van der Waals surface area contributed by atoms with Gasteiger partial charge in [0, 0.05) is 10.7 Å². The van der Waals surface area contributed by atoms with E-state index in [2.05, 4.69) is 25.9 Å². The fourth-order valence-corrected chi connectivity index (χ4v) is 2.51. The first-order chi connectivity index (χ1) is 10.6. The number of hydrogen-bond donors (Lipinski definition) is 1. The molecule has 1 N–H and O–H groups in total. The average molecular weight is 363 g/mol. The van der Waals surface area contributed by atoms with Gasteiger partial charge < -0.3 is 4.98 Å². The Kier molecular flexibility index (Phi) is 3.85. The van der Waals surface area contributed by atoms with Gasteiger partial charge in [-0.25, -0.2) is 13.8 Å². The minimum absolute atomic E-state index is 0.139. The second-order valence-corrected chi connectivity index (χ2v) is 5.50. The van der Waals surface area contributed by atoms with Crippen LogP contribution in [0.5, 0.6) is 0 Å². The Labute approximate surface area is 132 Å². The molecule has 22 heavy (non-hydrogen) atoms. The van der Waals surface area contributed by atoms with Crippen molar-refractivity contribution in [1.29, 1.82) is 0 Å². The van der Waals surface area contributed by atoms with Crippen LogP contribution < -0.4 is 5.56 Å². The fraction of sp³-hybridized carbons (Fsp3) is 0. The summed E-state index contributed by atoms with van der Waals surface area (Å²) in [5.41, 5.74) is 0.164. The van der Waals surface area contributed by atoms with Crippen molar-refractivity contribution < 1.29 is 8.78 Å². The summed E-state index contributed by atoms with van der Waals surface area (Å²) in [5.74, 6) is -1.70. The zero-order valence-electron chi connectivity index (χ0n) is 11.1. The van der Waals surface area contributed by atoms with Crippen molar-refractivity contribution in [3.8, 4) is 22.5 Å². The predicted octanol–water partition coefficient (Wildman–Crippen LogP) is 4.14. The molecule has 0 aliphatic carbocycles. The molecule has 0 spiro atoms. The van der Waals surface area contributed by atoms with Gasteiger partial charge in [-0.05, 0) is 29.8 Å². The summed E-state index contributed by atoms with van der Waals surface area (Å²) in [6.45, 7) is 0. The summed E-state index contributed by atoms with van der Waals surface area (Å²) in [6, 6.07) is 10.6. The van der Waals surface area contributed by atoms with Gasteiger partial charge in [0.1, 0.15) is 17.5 Å². The molecular weight excluding hydrogens is 354 g/mol. The van der Waals surface area contributed by atoms with Crippen LogP contribution in [0.2, 0.25) is 0 Å². The molecule has 0 bridgehead atoms. The van der Waals surface area contributed by atoms with Crippen LogP contribution in [0.25, 0.3) is 22.5 Å². The number of halogens is 3. The molecule has 1 aromatic heterocycles. The molecule has 3 nitrogen and oxygen atoms in total. The second-order valence-electron chi connectivity index (χ2n) is 4.58. The molecule has 0 amide bonds. The standard InChI is InChI=1S/C16H9BrF2N2O/c17-10-4-1-3-9(7-10)11-8-20-15(21-16(11)22)14-12(18)5-2-6-13(14)19/h1-8H,(H,20,21,22). The van der Waals surface area contributed by atoms with Crippen LogP contribution in [0.3, 0.4) is 0 Å². The minimum atomic E-state index is -0.779. The van der Waals surface area contributed by atoms with E-state index < -0.39 is 17.2 Å². The first kappa shape index (κ1) is 14.6. The van der Waals surface area contributed by atoms with Crippen molar-refractivity contribution >= 4 is 15.9 Å². The molecule has 3 rings (SSSR count). The third kappa shape index (κ3) is 2.69. The number of hydrogen-bond acceptors (Lipinski definition) is 2. The van der Waals surface area contributed by atoms with Gasteiger partial charge in [0.25, 0.3) is 5.56 Å². The normalized spacial score (nSPS) is 10.7. The molecule has 6 heteroatoms. The molecule has 0 radical (unpaired) electrons. The van der Waals surface area contributed by atoms with E-state index in [4.69, 9.17) is 0 Å². The molecule has 0 atom stereocenters. The fourth-order valence-electron chi connectivity index (χ4n) is 2.11. The summed E-state index contributed by atoms with van der Waals surface area (Å²) in [6.07, 6.45) is 1.31. The van der Waals surface area contributed by atoms with Crippen LogP contribution in [-0.2, 0) is 0 Å². The highest BCUT2D eigenvalue weighted by atomic mass is 79.9. The lowest BCUT2D eigenvalue weighted by molar-refractivity contribution is 0.587. The number of aromatic nitrogens is 2. The SMILES string of the molecule is O=c1[nH]c(-c2c(F)cccc2F)ncc1-c1cccc(Br)c1. The number of nitrogens with one attached hydrogen (secondary N) is 1. The maximum atomic E-state index is 13.7. The first-order valence-electron chi connectivity index (χ1n) is 6.36. The van der Waals surface area contributed by atoms with Gasteiger partial charge in [-0.2, -0.15) is 0 Å². The monoisotopic (exact) mass is 362 g/mol. The largest absolute Gasteiger partial charge is 0.306 e.